The number of rotatable bonds is 4. The number of benzene rings is 2. The van der Waals surface area contributed by atoms with Crippen LogP contribution in [-0.2, 0) is 0 Å². The maximum atomic E-state index is 11.5. The zero-order valence-corrected chi connectivity index (χ0v) is 18.1. The molecule has 3 rings (SSSR count). The monoisotopic (exact) mass is 409 g/mol. The minimum Gasteiger partial charge on any atom is -0.545 e. The van der Waals surface area contributed by atoms with Crippen LogP contribution >= 0.6 is 15.9 Å². The molecule has 0 spiro atoms. The molecule has 116 valence electrons. The molecule has 2 aromatic carbocycles. The minimum absolute atomic E-state index is 0. The molecule has 0 amide bonds. The van der Waals surface area contributed by atoms with Crippen LogP contribution in [0.25, 0.3) is 22.2 Å². The number of pyridine rings is 1. The number of ether oxygens (including phenoxy) is 1. The van der Waals surface area contributed by atoms with Gasteiger partial charge in [-0.25, -0.2) is 4.98 Å². The molecule has 0 unspecified atom stereocenters. The molecule has 0 aliphatic rings. The molecule has 0 aliphatic carbocycles. The van der Waals surface area contributed by atoms with Gasteiger partial charge in [0.2, 0.25) is 0 Å². The molecular weight excluding hydrogens is 397 g/mol. The van der Waals surface area contributed by atoms with Gasteiger partial charge in [0.15, 0.2) is 0 Å². The summed E-state index contributed by atoms with van der Waals surface area (Å²) in [5, 5.41) is 12.0. The van der Waals surface area contributed by atoms with Crippen molar-refractivity contribution in [2.45, 2.75) is 6.92 Å². The molecule has 0 atom stereocenters. The van der Waals surface area contributed by atoms with Crippen molar-refractivity contribution in [2.24, 2.45) is 0 Å². The molecule has 6 heteroatoms. The van der Waals surface area contributed by atoms with Crippen LogP contribution in [-0.4, -0.2) is 17.6 Å². The van der Waals surface area contributed by atoms with Crippen LogP contribution in [0.2, 0.25) is 0 Å². The Kier molecular flexibility index (Phi) is 6.97. The molecule has 0 saturated carbocycles. The quantitative estimate of drug-likeness (QED) is 0.586. The molecular formula is C18H13BrKNO3. The van der Waals surface area contributed by atoms with Crippen LogP contribution in [0.1, 0.15) is 17.3 Å². The van der Waals surface area contributed by atoms with E-state index in [1.165, 1.54) is 6.07 Å². The summed E-state index contributed by atoms with van der Waals surface area (Å²) in [6.07, 6.45) is 0. The van der Waals surface area contributed by atoms with Crippen LogP contribution in [0.4, 0.5) is 0 Å². The predicted octanol–water partition coefficient (Wildman–Crippen LogP) is 0.430. The van der Waals surface area contributed by atoms with E-state index in [2.05, 4.69) is 20.9 Å². The predicted molar refractivity (Wildman–Crippen MR) is 90.4 cm³/mol. The average molecular weight is 410 g/mol. The van der Waals surface area contributed by atoms with Crippen LogP contribution in [0.3, 0.4) is 0 Å². The average Bonchev–Trinajstić information content (AvgIpc) is 2.54. The molecule has 0 saturated heterocycles. The first kappa shape index (κ1) is 19.6. The SMILES string of the molecule is CCOc1cccc(-c2cc(C(=O)[O-])c3cc(Br)ccc3n2)c1.[K+]. The molecule has 0 radical (unpaired) electrons. The summed E-state index contributed by atoms with van der Waals surface area (Å²) in [6, 6.07) is 14.3. The van der Waals surface area contributed by atoms with Gasteiger partial charge >= 0.3 is 51.4 Å². The van der Waals surface area contributed by atoms with Gasteiger partial charge in [-0.2, -0.15) is 0 Å². The summed E-state index contributed by atoms with van der Waals surface area (Å²) in [6.45, 7) is 2.47. The maximum absolute atomic E-state index is 11.5. The number of nitrogens with zero attached hydrogens (tertiary/aromatic N) is 1. The van der Waals surface area contributed by atoms with Gasteiger partial charge in [-0.1, -0.05) is 28.1 Å². The van der Waals surface area contributed by atoms with Gasteiger partial charge in [0, 0.05) is 21.0 Å². The molecule has 1 aromatic heterocycles. The minimum atomic E-state index is -1.22. The Labute approximate surface area is 190 Å². The zero-order chi connectivity index (χ0) is 16.4. The number of carboxylic acids is 1. The number of aromatic nitrogens is 1. The van der Waals surface area contributed by atoms with Crippen molar-refractivity contribution < 1.29 is 66.0 Å². The van der Waals surface area contributed by atoms with Crippen molar-refractivity contribution in [1.82, 2.24) is 4.98 Å². The first-order valence-electron chi connectivity index (χ1n) is 7.13. The van der Waals surface area contributed by atoms with Crippen molar-refractivity contribution in [3.05, 3.63) is 58.6 Å². The molecule has 1 heterocycles. The molecule has 4 nitrogen and oxygen atoms in total. The smallest absolute Gasteiger partial charge is 0.545 e. The normalized spacial score (nSPS) is 10.2. The second-order valence-electron chi connectivity index (χ2n) is 4.96. The number of fused-ring (bicyclic) bond motifs is 1. The number of hydrogen-bond acceptors (Lipinski definition) is 4. The fraction of sp³-hybridized carbons (Fsp3) is 0.111. The Morgan fingerprint density at radius 1 is 1.21 bits per heavy atom. The van der Waals surface area contributed by atoms with Crippen LogP contribution in [0.5, 0.6) is 5.75 Å². The van der Waals surface area contributed by atoms with Crippen molar-refractivity contribution in [3.63, 3.8) is 0 Å². The maximum Gasteiger partial charge on any atom is 1.00 e. The van der Waals surface area contributed by atoms with E-state index in [0.717, 1.165) is 15.8 Å². The summed E-state index contributed by atoms with van der Waals surface area (Å²) < 4.78 is 6.28. The summed E-state index contributed by atoms with van der Waals surface area (Å²) >= 11 is 3.35. The number of carbonyl (C=O) groups excluding carboxylic acids is 1. The Balaban J connectivity index is 0.00000208. The Morgan fingerprint density at radius 3 is 2.71 bits per heavy atom. The van der Waals surface area contributed by atoms with E-state index in [1.54, 1.807) is 12.1 Å². The van der Waals surface area contributed by atoms with Crippen molar-refractivity contribution >= 4 is 32.8 Å². The number of aromatic carboxylic acids is 1. The first-order valence-corrected chi connectivity index (χ1v) is 7.92. The third kappa shape index (κ3) is 4.25. The zero-order valence-electron chi connectivity index (χ0n) is 13.4. The van der Waals surface area contributed by atoms with E-state index in [4.69, 9.17) is 4.74 Å². The van der Waals surface area contributed by atoms with E-state index in [1.807, 2.05) is 37.3 Å². The summed E-state index contributed by atoms with van der Waals surface area (Å²) in [4.78, 5) is 16.1. The number of carbonyl (C=O) groups is 1. The van der Waals surface area contributed by atoms with Crippen molar-refractivity contribution in [3.8, 4) is 17.0 Å². The van der Waals surface area contributed by atoms with Gasteiger partial charge in [-0.05, 0) is 43.3 Å². The van der Waals surface area contributed by atoms with Gasteiger partial charge in [0.25, 0.3) is 0 Å². The molecule has 3 aromatic rings. The standard InChI is InChI=1S/C18H14BrNO3.K/c1-2-23-13-5-3-4-11(8-13)17-10-15(18(21)22)14-9-12(19)6-7-16(14)20-17;/h3-10H,2H2,1H3,(H,21,22);/q;+1/p-1. The van der Waals surface area contributed by atoms with Crippen LogP contribution in [0, 0.1) is 0 Å². The Morgan fingerprint density at radius 2 is 2.00 bits per heavy atom. The first-order chi connectivity index (χ1) is 11.1. The molecule has 24 heavy (non-hydrogen) atoms. The fourth-order valence-corrected chi connectivity index (χ4v) is 2.79. The third-order valence-electron chi connectivity index (χ3n) is 3.43. The molecule has 0 bridgehead atoms. The third-order valence-corrected chi connectivity index (χ3v) is 3.92. The van der Waals surface area contributed by atoms with Crippen molar-refractivity contribution in [1.29, 1.82) is 0 Å². The Bertz CT molecular complexity index is 899. The van der Waals surface area contributed by atoms with Crippen LogP contribution < -0.4 is 61.2 Å². The number of halogens is 1. The number of carboxylic acid groups (broad SMARTS) is 1. The van der Waals surface area contributed by atoms with Gasteiger partial charge in [-0.3, -0.25) is 0 Å². The van der Waals surface area contributed by atoms with E-state index in [-0.39, 0.29) is 56.9 Å². The van der Waals surface area contributed by atoms with Gasteiger partial charge in [0.05, 0.1) is 23.8 Å². The molecule has 0 fully saturated rings. The van der Waals surface area contributed by atoms with E-state index in [0.29, 0.717) is 23.2 Å². The molecule has 0 aliphatic heterocycles. The van der Waals surface area contributed by atoms with Gasteiger partial charge in [0.1, 0.15) is 5.75 Å². The topological polar surface area (TPSA) is 62.2 Å². The second kappa shape index (κ2) is 8.56. The van der Waals surface area contributed by atoms with Crippen LogP contribution in [0.15, 0.2) is 53.0 Å². The molecule has 0 N–H and O–H groups in total. The summed E-state index contributed by atoms with van der Waals surface area (Å²) in [7, 11) is 0. The van der Waals surface area contributed by atoms with E-state index >= 15 is 0 Å². The fourth-order valence-electron chi connectivity index (χ4n) is 2.43. The summed E-state index contributed by atoms with van der Waals surface area (Å²) in [5.41, 5.74) is 2.09. The Hall–Kier alpha value is -0.764. The van der Waals surface area contributed by atoms with E-state index < -0.39 is 5.97 Å². The van der Waals surface area contributed by atoms with Gasteiger partial charge < -0.3 is 14.6 Å². The van der Waals surface area contributed by atoms with Crippen molar-refractivity contribution in [2.75, 3.05) is 6.61 Å². The van der Waals surface area contributed by atoms with Gasteiger partial charge in [-0.15, -0.1) is 0 Å². The second-order valence-corrected chi connectivity index (χ2v) is 5.88. The summed E-state index contributed by atoms with van der Waals surface area (Å²) in [5.74, 6) is -0.504. The largest absolute Gasteiger partial charge is 1.00 e. The number of hydrogen-bond donors (Lipinski definition) is 0. The van der Waals surface area contributed by atoms with E-state index in [9.17, 15) is 9.90 Å².